The highest BCUT2D eigenvalue weighted by Crippen LogP contribution is 2.21. The van der Waals surface area contributed by atoms with E-state index in [2.05, 4.69) is 11.9 Å². The van der Waals surface area contributed by atoms with Crippen LogP contribution in [0.5, 0.6) is 0 Å². The van der Waals surface area contributed by atoms with Gasteiger partial charge in [0, 0.05) is 24.5 Å². The lowest BCUT2D eigenvalue weighted by Gasteiger charge is -2.23. The molecule has 1 fully saturated rings. The van der Waals surface area contributed by atoms with E-state index in [0.717, 1.165) is 25.8 Å². The molecule has 2 N–H and O–H groups in total. The van der Waals surface area contributed by atoms with Crippen molar-refractivity contribution in [3.05, 3.63) is 24.0 Å². The van der Waals surface area contributed by atoms with E-state index >= 15 is 0 Å². The highest BCUT2D eigenvalue weighted by molar-refractivity contribution is 5.93. The number of likely N-dealkylation sites (tertiary alicyclic amines) is 1. The molecule has 1 aliphatic heterocycles. The first-order chi connectivity index (χ1) is 7.72. The number of anilines is 1. The van der Waals surface area contributed by atoms with Crippen molar-refractivity contribution in [2.45, 2.75) is 32.2 Å². The quantitative estimate of drug-likeness (QED) is 0.823. The Hall–Kier alpha value is -1.58. The van der Waals surface area contributed by atoms with Crippen molar-refractivity contribution in [2.75, 3.05) is 12.3 Å². The average molecular weight is 219 g/mol. The highest BCUT2D eigenvalue weighted by atomic mass is 16.2. The molecule has 2 heterocycles. The zero-order valence-corrected chi connectivity index (χ0v) is 9.52. The number of nitrogens with two attached hydrogens (primary N) is 1. The van der Waals surface area contributed by atoms with Gasteiger partial charge < -0.3 is 10.6 Å². The third-order valence-electron chi connectivity index (χ3n) is 3.11. The predicted molar refractivity (Wildman–Crippen MR) is 63.0 cm³/mol. The van der Waals surface area contributed by atoms with Crippen LogP contribution in [0.1, 0.15) is 36.7 Å². The maximum absolute atomic E-state index is 12.2. The number of amides is 1. The lowest BCUT2D eigenvalue weighted by atomic mass is 10.1. The van der Waals surface area contributed by atoms with Gasteiger partial charge in [0.05, 0.1) is 0 Å². The van der Waals surface area contributed by atoms with Crippen molar-refractivity contribution in [1.29, 1.82) is 0 Å². The first-order valence-corrected chi connectivity index (χ1v) is 5.75. The van der Waals surface area contributed by atoms with Gasteiger partial charge in [0.1, 0.15) is 5.69 Å². The van der Waals surface area contributed by atoms with Gasteiger partial charge in [-0.15, -0.1) is 0 Å². The molecule has 86 valence electrons. The fourth-order valence-electron chi connectivity index (χ4n) is 2.24. The van der Waals surface area contributed by atoms with Crippen LogP contribution >= 0.6 is 0 Å². The molecular formula is C12H17N3O. The van der Waals surface area contributed by atoms with Crippen LogP contribution < -0.4 is 5.73 Å². The van der Waals surface area contributed by atoms with Crippen molar-refractivity contribution < 1.29 is 4.79 Å². The van der Waals surface area contributed by atoms with Crippen LogP contribution in [0.3, 0.4) is 0 Å². The van der Waals surface area contributed by atoms with Gasteiger partial charge in [0.25, 0.3) is 5.91 Å². The fraction of sp³-hybridized carbons (Fsp3) is 0.500. The fourth-order valence-corrected chi connectivity index (χ4v) is 2.24. The summed E-state index contributed by atoms with van der Waals surface area (Å²) in [6, 6.07) is 3.71. The van der Waals surface area contributed by atoms with Crippen molar-refractivity contribution in [3.8, 4) is 0 Å². The normalized spacial score (nSPS) is 20.1. The maximum Gasteiger partial charge on any atom is 0.272 e. The minimum Gasteiger partial charge on any atom is -0.399 e. The minimum atomic E-state index is 0.0108. The number of carbonyl (C=O) groups is 1. The topological polar surface area (TPSA) is 59.2 Å². The minimum absolute atomic E-state index is 0.0108. The Bertz CT molecular complexity index is 392. The summed E-state index contributed by atoms with van der Waals surface area (Å²) in [4.78, 5) is 18.2. The highest BCUT2D eigenvalue weighted by Gasteiger charge is 2.28. The van der Waals surface area contributed by atoms with Gasteiger partial charge in [-0.3, -0.25) is 9.78 Å². The Morgan fingerprint density at radius 1 is 1.69 bits per heavy atom. The number of hydrogen-bond donors (Lipinski definition) is 1. The zero-order valence-electron chi connectivity index (χ0n) is 9.52. The van der Waals surface area contributed by atoms with Gasteiger partial charge in [-0.25, -0.2) is 0 Å². The molecule has 0 saturated carbocycles. The van der Waals surface area contributed by atoms with Gasteiger partial charge in [-0.05, 0) is 31.4 Å². The molecule has 0 radical (unpaired) electrons. The summed E-state index contributed by atoms with van der Waals surface area (Å²) in [5, 5.41) is 0. The van der Waals surface area contributed by atoms with Crippen LogP contribution in [-0.4, -0.2) is 28.4 Å². The molecule has 1 saturated heterocycles. The van der Waals surface area contributed by atoms with Crippen LogP contribution in [0, 0.1) is 0 Å². The largest absolute Gasteiger partial charge is 0.399 e. The smallest absolute Gasteiger partial charge is 0.272 e. The summed E-state index contributed by atoms with van der Waals surface area (Å²) in [5.74, 6) is 0.0108. The monoisotopic (exact) mass is 219 g/mol. The molecule has 0 spiro atoms. The number of rotatable bonds is 2. The van der Waals surface area contributed by atoms with Crippen molar-refractivity contribution in [2.24, 2.45) is 0 Å². The average Bonchev–Trinajstić information content (AvgIpc) is 2.76. The van der Waals surface area contributed by atoms with Crippen LogP contribution in [0.2, 0.25) is 0 Å². The Morgan fingerprint density at radius 2 is 2.50 bits per heavy atom. The van der Waals surface area contributed by atoms with E-state index in [-0.39, 0.29) is 5.91 Å². The van der Waals surface area contributed by atoms with E-state index in [1.165, 1.54) is 0 Å². The van der Waals surface area contributed by atoms with Gasteiger partial charge in [0.15, 0.2) is 0 Å². The first kappa shape index (κ1) is 10.9. The second-order valence-corrected chi connectivity index (χ2v) is 4.18. The number of aromatic nitrogens is 1. The van der Waals surface area contributed by atoms with Gasteiger partial charge in [0.2, 0.25) is 0 Å². The van der Waals surface area contributed by atoms with Crippen molar-refractivity contribution >= 4 is 11.6 Å². The van der Waals surface area contributed by atoms with E-state index in [0.29, 0.717) is 17.4 Å². The summed E-state index contributed by atoms with van der Waals surface area (Å²) in [6.07, 6.45) is 4.78. The van der Waals surface area contributed by atoms with Gasteiger partial charge in [-0.1, -0.05) is 6.92 Å². The molecular weight excluding hydrogens is 202 g/mol. The molecule has 16 heavy (non-hydrogen) atoms. The third-order valence-corrected chi connectivity index (χ3v) is 3.11. The van der Waals surface area contributed by atoms with Crippen LogP contribution in [0.25, 0.3) is 0 Å². The molecule has 1 aliphatic rings. The van der Waals surface area contributed by atoms with Crippen LogP contribution in [-0.2, 0) is 0 Å². The Balaban J connectivity index is 2.18. The number of hydrogen-bond acceptors (Lipinski definition) is 3. The molecule has 4 nitrogen and oxygen atoms in total. The lowest BCUT2D eigenvalue weighted by molar-refractivity contribution is 0.0728. The SMILES string of the molecule is CCC1CCCN1C(=O)c1cc(N)ccn1. The van der Waals surface area contributed by atoms with E-state index in [9.17, 15) is 4.79 Å². The summed E-state index contributed by atoms with van der Waals surface area (Å²) >= 11 is 0. The Morgan fingerprint density at radius 3 is 3.19 bits per heavy atom. The van der Waals surface area contributed by atoms with Gasteiger partial charge in [-0.2, -0.15) is 0 Å². The lowest BCUT2D eigenvalue weighted by Crippen LogP contribution is -2.35. The molecule has 0 bridgehead atoms. The van der Waals surface area contributed by atoms with Crippen molar-refractivity contribution in [1.82, 2.24) is 9.88 Å². The van der Waals surface area contributed by atoms with Gasteiger partial charge >= 0.3 is 0 Å². The van der Waals surface area contributed by atoms with E-state index < -0.39 is 0 Å². The summed E-state index contributed by atoms with van der Waals surface area (Å²) < 4.78 is 0. The maximum atomic E-state index is 12.2. The van der Waals surface area contributed by atoms with Crippen LogP contribution in [0.15, 0.2) is 18.3 Å². The molecule has 1 atom stereocenters. The van der Waals surface area contributed by atoms with E-state index in [1.807, 2.05) is 4.90 Å². The zero-order chi connectivity index (χ0) is 11.5. The summed E-state index contributed by atoms with van der Waals surface area (Å²) in [7, 11) is 0. The number of pyridine rings is 1. The second kappa shape index (κ2) is 4.51. The summed E-state index contributed by atoms with van der Waals surface area (Å²) in [5.41, 5.74) is 6.70. The Labute approximate surface area is 95.5 Å². The first-order valence-electron chi connectivity index (χ1n) is 5.75. The number of carbonyl (C=O) groups excluding carboxylic acids is 1. The molecule has 1 aromatic heterocycles. The molecule has 1 aromatic rings. The molecule has 0 aromatic carbocycles. The second-order valence-electron chi connectivity index (χ2n) is 4.18. The number of nitrogens with zero attached hydrogens (tertiary/aromatic N) is 2. The molecule has 1 amide bonds. The third kappa shape index (κ3) is 2.01. The van der Waals surface area contributed by atoms with E-state index in [1.54, 1.807) is 18.3 Å². The Kier molecular flexibility index (Phi) is 3.08. The molecule has 4 heteroatoms. The van der Waals surface area contributed by atoms with Crippen LogP contribution in [0.4, 0.5) is 5.69 Å². The van der Waals surface area contributed by atoms with E-state index in [4.69, 9.17) is 5.73 Å². The predicted octanol–water partition coefficient (Wildman–Crippen LogP) is 1.68. The molecule has 1 unspecified atom stereocenters. The molecule has 2 rings (SSSR count). The number of nitrogen functional groups attached to an aromatic ring is 1. The summed E-state index contributed by atoms with van der Waals surface area (Å²) in [6.45, 7) is 2.96. The van der Waals surface area contributed by atoms with Crippen molar-refractivity contribution in [3.63, 3.8) is 0 Å². The standard InChI is InChI=1S/C12H17N3O/c1-2-10-4-3-7-15(10)12(16)11-8-9(13)5-6-14-11/h5-6,8,10H,2-4,7H2,1H3,(H2,13,14). The molecule has 0 aliphatic carbocycles.